The quantitative estimate of drug-likeness (QED) is 0.844. The summed E-state index contributed by atoms with van der Waals surface area (Å²) in [5, 5.41) is 3.58. The predicted molar refractivity (Wildman–Crippen MR) is 81.1 cm³/mol. The molecule has 19 heavy (non-hydrogen) atoms. The second kappa shape index (κ2) is 5.99. The second-order valence-corrected chi connectivity index (χ2v) is 4.85. The minimum Gasteiger partial charge on any atom is -0.389 e. The van der Waals surface area contributed by atoms with E-state index in [4.69, 9.17) is 29.6 Å². The largest absolute Gasteiger partial charge is 0.389 e. The molecule has 0 atom stereocenters. The van der Waals surface area contributed by atoms with Crippen molar-refractivity contribution in [3.63, 3.8) is 0 Å². The molecule has 3 N–H and O–H groups in total. The van der Waals surface area contributed by atoms with E-state index < -0.39 is 0 Å². The zero-order valence-electron chi connectivity index (χ0n) is 9.99. The van der Waals surface area contributed by atoms with Gasteiger partial charge in [-0.3, -0.25) is 0 Å². The molecule has 0 fully saturated rings. The summed E-state index contributed by atoms with van der Waals surface area (Å²) in [4.78, 5) is 0.255. The van der Waals surface area contributed by atoms with Crippen LogP contribution in [0, 0.1) is 5.82 Å². The molecule has 0 heterocycles. The van der Waals surface area contributed by atoms with E-state index in [0.29, 0.717) is 22.7 Å². The number of nitrogens with two attached hydrogens (primary N) is 1. The zero-order chi connectivity index (χ0) is 13.8. The van der Waals surface area contributed by atoms with Crippen LogP contribution in [0.25, 0.3) is 0 Å². The highest BCUT2D eigenvalue weighted by molar-refractivity contribution is 7.80. The Bertz CT molecular complexity index is 616. The van der Waals surface area contributed by atoms with Crippen LogP contribution in [0.1, 0.15) is 11.1 Å². The molecule has 5 heteroatoms. The van der Waals surface area contributed by atoms with Crippen molar-refractivity contribution in [3.8, 4) is 0 Å². The Hall–Kier alpha value is -1.65. The summed E-state index contributed by atoms with van der Waals surface area (Å²) in [5.74, 6) is -0.235. The first-order valence-corrected chi connectivity index (χ1v) is 6.43. The van der Waals surface area contributed by atoms with Crippen molar-refractivity contribution in [2.75, 3.05) is 5.32 Å². The first kappa shape index (κ1) is 13.8. The Morgan fingerprint density at radius 3 is 2.63 bits per heavy atom. The van der Waals surface area contributed by atoms with Gasteiger partial charge in [0.1, 0.15) is 10.8 Å². The van der Waals surface area contributed by atoms with Crippen LogP contribution in [0.4, 0.5) is 10.1 Å². The number of rotatable bonds is 4. The van der Waals surface area contributed by atoms with Gasteiger partial charge in [0.25, 0.3) is 0 Å². The Balaban J connectivity index is 2.11. The summed E-state index contributed by atoms with van der Waals surface area (Å²) >= 11 is 10.9. The molecule has 98 valence electrons. The summed E-state index contributed by atoms with van der Waals surface area (Å²) in [7, 11) is 0. The van der Waals surface area contributed by atoms with E-state index in [0.717, 1.165) is 5.69 Å². The molecule has 0 amide bonds. The standard InChI is InChI=1S/C14H12ClFN2S/c15-12-7-10(5-6-11(12)14(17)19)18-8-9-3-1-2-4-13(9)16/h1-7,18H,8H2,(H2,17,19). The van der Waals surface area contributed by atoms with Gasteiger partial charge in [-0.2, -0.15) is 0 Å². The van der Waals surface area contributed by atoms with Gasteiger partial charge < -0.3 is 11.1 Å². The Morgan fingerprint density at radius 2 is 2.00 bits per heavy atom. The molecule has 0 aromatic heterocycles. The zero-order valence-corrected chi connectivity index (χ0v) is 11.6. The van der Waals surface area contributed by atoms with E-state index in [2.05, 4.69) is 5.32 Å². The van der Waals surface area contributed by atoms with Crippen molar-refractivity contribution in [2.24, 2.45) is 5.73 Å². The molecule has 0 unspecified atom stereocenters. The molecule has 2 rings (SSSR count). The van der Waals surface area contributed by atoms with Crippen LogP contribution in [0.3, 0.4) is 0 Å². The number of benzene rings is 2. The highest BCUT2D eigenvalue weighted by Gasteiger charge is 2.05. The topological polar surface area (TPSA) is 38.0 Å². The number of hydrogen-bond donors (Lipinski definition) is 2. The van der Waals surface area contributed by atoms with Crippen LogP contribution < -0.4 is 11.1 Å². The first-order valence-electron chi connectivity index (χ1n) is 5.64. The van der Waals surface area contributed by atoms with Gasteiger partial charge in [0.05, 0.1) is 5.02 Å². The molecule has 0 aliphatic carbocycles. The summed E-state index contributed by atoms with van der Waals surface area (Å²) in [6.07, 6.45) is 0. The monoisotopic (exact) mass is 294 g/mol. The molecular formula is C14H12ClFN2S. The smallest absolute Gasteiger partial charge is 0.128 e. The predicted octanol–water partition coefficient (Wildman–Crippen LogP) is 3.73. The van der Waals surface area contributed by atoms with Crippen LogP contribution in [0.2, 0.25) is 5.02 Å². The van der Waals surface area contributed by atoms with E-state index in [1.54, 1.807) is 36.4 Å². The number of thiocarbonyl (C=S) groups is 1. The van der Waals surface area contributed by atoms with E-state index in [-0.39, 0.29) is 10.8 Å². The molecule has 0 radical (unpaired) electrons. The van der Waals surface area contributed by atoms with E-state index in [1.807, 2.05) is 0 Å². The van der Waals surface area contributed by atoms with Crippen molar-refractivity contribution < 1.29 is 4.39 Å². The maximum atomic E-state index is 13.4. The minimum absolute atomic E-state index is 0.235. The van der Waals surface area contributed by atoms with Gasteiger partial charge >= 0.3 is 0 Å². The van der Waals surface area contributed by atoms with Crippen molar-refractivity contribution in [1.29, 1.82) is 0 Å². The van der Waals surface area contributed by atoms with Gasteiger partial charge in [-0.05, 0) is 24.3 Å². The van der Waals surface area contributed by atoms with Crippen molar-refractivity contribution >= 4 is 34.5 Å². The Labute approximate surface area is 121 Å². The highest BCUT2D eigenvalue weighted by atomic mass is 35.5. The average molecular weight is 295 g/mol. The Morgan fingerprint density at radius 1 is 1.26 bits per heavy atom. The summed E-state index contributed by atoms with van der Waals surface area (Å²) < 4.78 is 13.4. The van der Waals surface area contributed by atoms with Crippen molar-refractivity contribution in [2.45, 2.75) is 6.54 Å². The van der Waals surface area contributed by atoms with Crippen LogP contribution in [0.15, 0.2) is 42.5 Å². The third kappa shape index (κ3) is 3.43. The van der Waals surface area contributed by atoms with Gasteiger partial charge in [0, 0.05) is 23.4 Å². The molecule has 0 saturated carbocycles. The van der Waals surface area contributed by atoms with E-state index >= 15 is 0 Å². The fraction of sp³-hybridized carbons (Fsp3) is 0.0714. The lowest BCUT2D eigenvalue weighted by Crippen LogP contribution is -2.10. The lowest BCUT2D eigenvalue weighted by Gasteiger charge is -2.09. The molecule has 2 aromatic carbocycles. The average Bonchev–Trinajstić information content (AvgIpc) is 2.37. The SMILES string of the molecule is NC(=S)c1ccc(NCc2ccccc2F)cc1Cl. The maximum absolute atomic E-state index is 13.4. The number of nitrogens with one attached hydrogen (secondary N) is 1. The molecule has 0 bridgehead atoms. The van der Waals surface area contributed by atoms with Gasteiger partial charge in [-0.15, -0.1) is 0 Å². The molecule has 2 aromatic rings. The lowest BCUT2D eigenvalue weighted by molar-refractivity contribution is 0.613. The maximum Gasteiger partial charge on any atom is 0.128 e. The van der Waals surface area contributed by atoms with Crippen LogP contribution in [-0.2, 0) is 6.54 Å². The third-order valence-electron chi connectivity index (χ3n) is 2.68. The van der Waals surface area contributed by atoms with E-state index in [9.17, 15) is 4.39 Å². The number of anilines is 1. The molecule has 2 nitrogen and oxygen atoms in total. The molecule has 0 aliphatic rings. The second-order valence-electron chi connectivity index (χ2n) is 4.00. The number of hydrogen-bond acceptors (Lipinski definition) is 2. The van der Waals surface area contributed by atoms with Gasteiger partial charge in [-0.1, -0.05) is 42.0 Å². The van der Waals surface area contributed by atoms with Crippen molar-refractivity contribution in [3.05, 3.63) is 64.4 Å². The first-order chi connectivity index (χ1) is 9.08. The summed E-state index contributed by atoms with van der Waals surface area (Å²) in [5.41, 5.74) is 7.54. The van der Waals surface area contributed by atoms with Crippen LogP contribution >= 0.6 is 23.8 Å². The highest BCUT2D eigenvalue weighted by Crippen LogP contribution is 2.21. The molecule has 0 saturated heterocycles. The van der Waals surface area contributed by atoms with E-state index in [1.165, 1.54) is 6.07 Å². The van der Waals surface area contributed by atoms with Crippen molar-refractivity contribution in [1.82, 2.24) is 0 Å². The van der Waals surface area contributed by atoms with Crippen LogP contribution in [0.5, 0.6) is 0 Å². The third-order valence-corrected chi connectivity index (χ3v) is 3.21. The van der Waals surface area contributed by atoms with Gasteiger partial charge in [0.2, 0.25) is 0 Å². The molecule has 0 aliphatic heterocycles. The van der Waals surface area contributed by atoms with Gasteiger partial charge in [-0.25, -0.2) is 4.39 Å². The fourth-order valence-corrected chi connectivity index (χ4v) is 2.18. The minimum atomic E-state index is -0.235. The van der Waals surface area contributed by atoms with Gasteiger partial charge in [0.15, 0.2) is 0 Å². The Kier molecular flexibility index (Phi) is 4.35. The fourth-order valence-electron chi connectivity index (χ4n) is 1.66. The molecular weight excluding hydrogens is 283 g/mol. The summed E-state index contributed by atoms with van der Waals surface area (Å²) in [6, 6.07) is 11.9. The normalized spacial score (nSPS) is 10.2. The van der Waals surface area contributed by atoms with Crippen LogP contribution in [-0.4, -0.2) is 4.99 Å². The lowest BCUT2D eigenvalue weighted by atomic mass is 10.2. The molecule has 0 spiro atoms. The summed E-state index contributed by atoms with van der Waals surface area (Å²) in [6.45, 7) is 0.384. The number of halogens is 2.